The van der Waals surface area contributed by atoms with Gasteiger partial charge in [0.15, 0.2) is 0 Å². The van der Waals surface area contributed by atoms with Gasteiger partial charge in [-0.25, -0.2) is 0 Å². The zero-order valence-electron chi connectivity index (χ0n) is 34.4. The van der Waals surface area contributed by atoms with Gasteiger partial charge in [0.2, 0.25) is 0 Å². The van der Waals surface area contributed by atoms with Crippen molar-refractivity contribution in [3.8, 4) is 0 Å². The summed E-state index contributed by atoms with van der Waals surface area (Å²) in [6.07, 6.45) is 21.8. The van der Waals surface area contributed by atoms with Crippen molar-refractivity contribution in [1.82, 2.24) is 0 Å². The van der Waals surface area contributed by atoms with Crippen LogP contribution in [0.3, 0.4) is 0 Å². The normalized spacial score (nSPS) is 12.8. The molecule has 2 aromatic carbocycles. The summed E-state index contributed by atoms with van der Waals surface area (Å²) < 4.78 is 11.5. The van der Waals surface area contributed by atoms with Crippen LogP contribution in [-0.4, -0.2) is 43.2 Å². The van der Waals surface area contributed by atoms with E-state index in [0.29, 0.717) is 43.9 Å². The lowest BCUT2D eigenvalue weighted by molar-refractivity contribution is -0.384. The van der Waals surface area contributed by atoms with Crippen LogP contribution in [0, 0.1) is 20.9 Å². The summed E-state index contributed by atoms with van der Waals surface area (Å²) in [5.74, 6) is -0.564. The summed E-state index contributed by atoms with van der Waals surface area (Å²) in [5, 5.41) is 19.2. The monoisotopic (exact) mass is 751 g/mol. The Morgan fingerprint density at radius 1 is 0.648 bits per heavy atom. The minimum atomic E-state index is -0.856. The Hall–Kier alpha value is -3.82. The first-order valence-electron chi connectivity index (χ1n) is 20.8. The molecule has 0 amide bonds. The molecule has 0 aliphatic heterocycles. The van der Waals surface area contributed by atoms with Gasteiger partial charge in [0.25, 0.3) is 5.69 Å². The summed E-state index contributed by atoms with van der Waals surface area (Å²) in [5.41, 5.74) is 0.487. The predicted octanol–water partition coefficient (Wildman–Crippen LogP) is 13.0. The lowest BCUT2D eigenvalue weighted by Gasteiger charge is -2.34. The third kappa shape index (κ3) is 18.0. The molecule has 0 heterocycles. The topological polar surface area (TPSA) is 124 Å². The van der Waals surface area contributed by atoms with Crippen molar-refractivity contribution in [2.45, 2.75) is 157 Å². The number of carbonyl (C=O) groups is 2. The van der Waals surface area contributed by atoms with E-state index < -0.39 is 15.8 Å². The second-order valence-electron chi connectivity index (χ2n) is 15.6. The number of benzene rings is 2. The van der Waals surface area contributed by atoms with Crippen LogP contribution in [0.1, 0.15) is 157 Å². The summed E-state index contributed by atoms with van der Waals surface area (Å²) in [7, 11) is 0. The number of hydrogen-bond acceptors (Lipinski definition) is 9. The Morgan fingerprint density at radius 3 is 1.54 bits per heavy atom. The Morgan fingerprint density at radius 2 is 1.09 bits per heavy atom. The maximum absolute atomic E-state index is 13.2. The van der Waals surface area contributed by atoms with Crippen molar-refractivity contribution in [3.05, 3.63) is 58.6 Å². The van der Waals surface area contributed by atoms with Gasteiger partial charge in [-0.3, -0.25) is 19.7 Å². The minimum Gasteiger partial charge on any atom is -0.465 e. The number of anilines is 1. The third-order valence-corrected chi connectivity index (χ3v) is 10.4. The quantitative estimate of drug-likeness (QED) is 0.0256. The molecule has 54 heavy (non-hydrogen) atoms. The molecule has 302 valence electrons. The fourth-order valence-corrected chi connectivity index (χ4v) is 6.78. The van der Waals surface area contributed by atoms with Gasteiger partial charge in [-0.1, -0.05) is 110 Å². The zero-order valence-corrected chi connectivity index (χ0v) is 34.4. The van der Waals surface area contributed by atoms with Gasteiger partial charge in [-0.05, 0) is 83.4 Å². The van der Waals surface area contributed by atoms with E-state index in [-0.39, 0.29) is 24.2 Å². The SMILES string of the molecule is CCCCCCCCCCCCCCCCCCOC(=O)C(C)(CC)CC(C)(C)C(=O)OCCN(CC)c1ccc(/N=N/c2ccc([N+](=O)[O-])cc2)cc1. The Bertz CT molecular complexity index is 1380. The van der Waals surface area contributed by atoms with Crippen molar-refractivity contribution in [2.75, 3.05) is 31.2 Å². The molecule has 0 spiro atoms. The van der Waals surface area contributed by atoms with Gasteiger partial charge in [0.05, 0.1) is 40.3 Å². The van der Waals surface area contributed by atoms with E-state index in [1.165, 1.54) is 102 Å². The van der Waals surface area contributed by atoms with Gasteiger partial charge in [0.1, 0.15) is 6.61 Å². The van der Waals surface area contributed by atoms with Crippen LogP contribution in [0.5, 0.6) is 0 Å². The van der Waals surface area contributed by atoms with E-state index in [1.807, 2.05) is 58.9 Å². The summed E-state index contributed by atoms with van der Waals surface area (Å²) >= 11 is 0. The fraction of sp³-hybridized carbons (Fsp3) is 0.682. The molecular weight excluding hydrogens is 681 g/mol. The number of non-ortho nitro benzene ring substituents is 1. The van der Waals surface area contributed by atoms with Crippen LogP contribution in [0.2, 0.25) is 0 Å². The average Bonchev–Trinajstić information content (AvgIpc) is 3.16. The minimum absolute atomic E-state index is 0.00220. The van der Waals surface area contributed by atoms with Crippen LogP contribution in [0.25, 0.3) is 0 Å². The number of carbonyl (C=O) groups excluding carboxylic acids is 2. The van der Waals surface area contributed by atoms with Gasteiger partial charge in [-0.2, -0.15) is 10.2 Å². The van der Waals surface area contributed by atoms with E-state index >= 15 is 0 Å². The maximum Gasteiger partial charge on any atom is 0.311 e. The molecule has 0 saturated carbocycles. The molecular formula is C44H70N4O6. The van der Waals surface area contributed by atoms with Gasteiger partial charge in [-0.15, -0.1) is 0 Å². The van der Waals surface area contributed by atoms with Crippen LogP contribution in [-0.2, 0) is 19.1 Å². The van der Waals surface area contributed by atoms with E-state index in [4.69, 9.17) is 9.47 Å². The van der Waals surface area contributed by atoms with Crippen LogP contribution in [0.4, 0.5) is 22.7 Å². The number of ether oxygens (including phenoxy) is 2. The number of unbranched alkanes of at least 4 members (excludes halogenated alkanes) is 15. The van der Waals surface area contributed by atoms with E-state index in [2.05, 4.69) is 22.1 Å². The molecule has 0 aromatic heterocycles. The Kier molecular flexibility index (Phi) is 22.4. The molecule has 1 atom stereocenters. The zero-order chi connectivity index (χ0) is 39.7. The Labute approximate surface area is 326 Å². The van der Waals surface area contributed by atoms with Crippen molar-refractivity contribution in [2.24, 2.45) is 21.1 Å². The first kappa shape index (κ1) is 46.3. The highest BCUT2D eigenvalue weighted by Crippen LogP contribution is 2.38. The van der Waals surface area contributed by atoms with Gasteiger partial charge in [0, 0.05) is 24.4 Å². The summed E-state index contributed by atoms with van der Waals surface area (Å²) in [4.78, 5) is 39.0. The highest BCUT2D eigenvalue weighted by molar-refractivity contribution is 5.80. The second-order valence-corrected chi connectivity index (χ2v) is 15.6. The molecule has 0 N–H and O–H groups in total. The second kappa shape index (κ2) is 26.1. The van der Waals surface area contributed by atoms with Crippen LogP contribution in [0.15, 0.2) is 58.8 Å². The molecule has 2 rings (SSSR count). The highest BCUT2D eigenvalue weighted by atomic mass is 16.6. The van der Waals surface area contributed by atoms with Crippen molar-refractivity contribution in [3.63, 3.8) is 0 Å². The predicted molar refractivity (Wildman–Crippen MR) is 220 cm³/mol. The van der Waals surface area contributed by atoms with Gasteiger partial charge >= 0.3 is 11.9 Å². The molecule has 0 bridgehead atoms. The van der Waals surface area contributed by atoms with Gasteiger partial charge < -0.3 is 14.4 Å². The lowest BCUT2D eigenvalue weighted by atomic mass is 9.72. The van der Waals surface area contributed by atoms with E-state index in [9.17, 15) is 19.7 Å². The largest absolute Gasteiger partial charge is 0.465 e. The fourth-order valence-electron chi connectivity index (χ4n) is 6.78. The van der Waals surface area contributed by atoms with Crippen LogP contribution < -0.4 is 4.90 Å². The molecule has 0 aliphatic rings. The molecule has 10 nitrogen and oxygen atoms in total. The van der Waals surface area contributed by atoms with E-state index in [0.717, 1.165) is 18.5 Å². The molecule has 2 aromatic rings. The first-order valence-corrected chi connectivity index (χ1v) is 20.8. The number of likely N-dealkylation sites (N-methyl/N-ethyl adjacent to an activating group) is 1. The maximum atomic E-state index is 13.2. The number of esters is 2. The molecule has 0 fully saturated rings. The third-order valence-electron chi connectivity index (χ3n) is 10.4. The number of nitro benzene ring substituents is 1. The van der Waals surface area contributed by atoms with Crippen molar-refractivity contribution < 1.29 is 24.0 Å². The number of nitrogens with zero attached hydrogens (tertiary/aromatic N) is 4. The first-order chi connectivity index (χ1) is 26.0. The smallest absolute Gasteiger partial charge is 0.311 e. The number of rotatable bonds is 30. The lowest BCUT2D eigenvalue weighted by Crippen LogP contribution is -2.39. The standard InChI is InChI=1S/C44H70N4O6/c1-7-10-11-12-13-14-15-16-17-18-19-20-21-22-23-24-34-53-42(50)44(6,8-2)36-43(4,5)41(49)54-35-33-47(9-3)39-29-25-37(26-30-39)45-46-38-27-31-40(32-28-38)48(51)52/h25-32H,7-24,33-36H2,1-6H3/b46-45+. The molecule has 0 aliphatic carbocycles. The Balaban J connectivity index is 1.66. The molecule has 10 heteroatoms. The number of nitro groups is 1. The van der Waals surface area contributed by atoms with Crippen molar-refractivity contribution in [1.29, 1.82) is 0 Å². The van der Waals surface area contributed by atoms with Crippen LogP contribution >= 0.6 is 0 Å². The highest BCUT2D eigenvalue weighted by Gasteiger charge is 2.43. The van der Waals surface area contributed by atoms with Crippen molar-refractivity contribution >= 4 is 34.7 Å². The molecule has 0 saturated heterocycles. The molecule has 1 unspecified atom stereocenters. The molecule has 0 radical (unpaired) electrons. The average molecular weight is 751 g/mol. The summed E-state index contributed by atoms with van der Waals surface area (Å²) in [6.45, 7) is 13.7. The number of azo groups is 1. The number of hydrogen-bond donors (Lipinski definition) is 0. The summed E-state index contributed by atoms with van der Waals surface area (Å²) in [6, 6.07) is 13.4. The van der Waals surface area contributed by atoms with E-state index in [1.54, 1.807) is 12.1 Å².